The largest absolute Gasteiger partial charge is 0.416 e. The summed E-state index contributed by atoms with van der Waals surface area (Å²) >= 11 is 0. The van der Waals surface area contributed by atoms with Crippen LogP contribution in [-0.2, 0) is 17.4 Å². The van der Waals surface area contributed by atoms with E-state index in [9.17, 15) is 18.0 Å². The summed E-state index contributed by atoms with van der Waals surface area (Å²) in [5, 5.41) is 2.94. The van der Waals surface area contributed by atoms with Crippen molar-refractivity contribution in [2.24, 2.45) is 0 Å². The number of carbonyl (C=O) groups is 1. The summed E-state index contributed by atoms with van der Waals surface area (Å²) in [6, 6.07) is 23.4. The smallest absolute Gasteiger partial charge is 0.345 e. The number of carbonyl (C=O) groups excluding carboxylic acids is 1. The van der Waals surface area contributed by atoms with Crippen molar-refractivity contribution < 1.29 is 18.0 Å². The fourth-order valence-corrected chi connectivity index (χ4v) is 2.91. The van der Waals surface area contributed by atoms with E-state index in [2.05, 4.69) is 5.32 Å². The molecule has 0 saturated heterocycles. The summed E-state index contributed by atoms with van der Waals surface area (Å²) in [7, 11) is 0. The summed E-state index contributed by atoms with van der Waals surface area (Å²) in [5.74, 6) is -0.341. The van der Waals surface area contributed by atoms with Crippen LogP contribution >= 0.6 is 0 Å². The van der Waals surface area contributed by atoms with Gasteiger partial charge in [0.25, 0.3) is 0 Å². The Morgan fingerprint density at radius 3 is 1.89 bits per heavy atom. The molecule has 0 aliphatic heterocycles. The van der Waals surface area contributed by atoms with E-state index in [1.807, 2.05) is 60.7 Å². The lowest BCUT2D eigenvalue weighted by Crippen LogP contribution is -2.30. The zero-order chi connectivity index (χ0) is 19.3. The maximum Gasteiger partial charge on any atom is 0.416 e. The quantitative estimate of drug-likeness (QED) is 0.662. The van der Waals surface area contributed by atoms with Gasteiger partial charge in [0.15, 0.2) is 0 Å². The van der Waals surface area contributed by atoms with Crippen molar-refractivity contribution in [1.82, 2.24) is 5.32 Å². The molecule has 0 atom stereocenters. The van der Waals surface area contributed by atoms with Gasteiger partial charge >= 0.3 is 6.18 Å². The molecule has 0 unspecified atom stereocenters. The van der Waals surface area contributed by atoms with Crippen LogP contribution in [-0.4, -0.2) is 5.91 Å². The maximum atomic E-state index is 12.9. The van der Waals surface area contributed by atoms with Gasteiger partial charge in [-0.05, 0) is 22.8 Å². The van der Waals surface area contributed by atoms with E-state index in [0.717, 1.165) is 23.3 Å². The topological polar surface area (TPSA) is 29.1 Å². The van der Waals surface area contributed by atoms with E-state index in [0.29, 0.717) is 5.56 Å². The van der Waals surface area contributed by atoms with Crippen molar-refractivity contribution in [2.45, 2.75) is 18.6 Å². The van der Waals surface area contributed by atoms with Crippen molar-refractivity contribution in [2.75, 3.05) is 0 Å². The van der Waals surface area contributed by atoms with Gasteiger partial charge in [-0.3, -0.25) is 4.79 Å². The second-order valence-corrected chi connectivity index (χ2v) is 6.20. The molecule has 3 rings (SSSR count). The van der Waals surface area contributed by atoms with Crippen LogP contribution in [0.25, 0.3) is 0 Å². The molecule has 0 aromatic heterocycles. The van der Waals surface area contributed by atoms with Crippen LogP contribution in [0.15, 0.2) is 84.9 Å². The lowest BCUT2D eigenvalue weighted by molar-refractivity contribution is -0.137. The Bertz CT molecular complexity index is 853. The minimum Gasteiger partial charge on any atom is -0.345 e. The Balaban J connectivity index is 1.80. The molecule has 3 aromatic carbocycles. The van der Waals surface area contributed by atoms with Crippen LogP contribution in [0.5, 0.6) is 0 Å². The fraction of sp³-hybridized carbons (Fsp3) is 0.136. The summed E-state index contributed by atoms with van der Waals surface area (Å²) in [5.41, 5.74) is 1.37. The molecule has 27 heavy (non-hydrogen) atoms. The molecule has 1 N–H and O–H groups in total. The number of rotatable bonds is 5. The standard InChI is InChI=1S/C22H18F3NO/c23-22(24,25)19-13-7-8-16(14-19)15-20(27)26-21(17-9-3-1-4-10-17)18-11-5-2-6-12-18/h1-14,21H,15H2,(H,26,27). The average molecular weight is 369 g/mol. The first-order valence-corrected chi connectivity index (χ1v) is 8.49. The molecular formula is C22H18F3NO. The molecule has 0 bridgehead atoms. The first kappa shape index (κ1) is 18.7. The lowest BCUT2D eigenvalue weighted by atomic mass is 9.98. The molecule has 0 fully saturated rings. The summed E-state index contributed by atoms with van der Waals surface area (Å²) in [6.45, 7) is 0. The number of hydrogen-bond acceptors (Lipinski definition) is 1. The monoisotopic (exact) mass is 369 g/mol. The number of halogens is 3. The molecule has 3 aromatic rings. The van der Waals surface area contributed by atoms with Gasteiger partial charge in [-0.15, -0.1) is 0 Å². The first-order chi connectivity index (χ1) is 12.9. The van der Waals surface area contributed by atoms with Crippen molar-refractivity contribution in [3.05, 3.63) is 107 Å². The van der Waals surface area contributed by atoms with Crippen LogP contribution < -0.4 is 5.32 Å². The molecule has 5 heteroatoms. The third-order valence-electron chi connectivity index (χ3n) is 4.19. The Kier molecular flexibility index (Phi) is 5.60. The van der Waals surface area contributed by atoms with Crippen LogP contribution in [0.4, 0.5) is 13.2 Å². The van der Waals surface area contributed by atoms with E-state index in [-0.39, 0.29) is 18.4 Å². The maximum absolute atomic E-state index is 12.9. The highest BCUT2D eigenvalue weighted by atomic mass is 19.4. The van der Waals surface area contributed by atoms with E-state index in [1.165, 1.54) is 12.1 Å². The Hall–Kier alpha value is -3.08. The fourth-order valence-electron chi connectivity index (χ4n) is 2.91. The van der Waals surface area contributed by atoms with Crippen LogP contribution in [0.3, 0.4) is 0 Å². The van der Waals surface area contributed by atoms with Gasteiger partial charge in [0, 0.05) is 0 Å². The molecule has 1 amide bonds. The van der Waals surface area contributed by atoms with Gasteiger partial charge < -0.3 is 5.32 Å². The first-order valence-electron chi connectivity index (χ1n) is 8.49. The predicted molar refractivity (Wildman–Crippen MR) is 98.0 cm³/mol. The SMILES string of the molecule is O=C(Cc1cccc(C(F)(F)F)c1)NC(c1ccccc1)c1ccccc1. The van der Waals surface area contributed by atoms with Crippen molar-refractivity contribution in [1.29, 1.82) is 0 Å². The van der Waals surface area contributed by atoms with E-state index >= 15 is 0 Å². The minimum absolute atomic E-state index is 0.125. The molecule has 0 spiro atoms. The van der Waals surface area contributed by atoms with Gasteiger partial charge in [-0.1, -0.05) is 78.9 Å². The van der Waals surface area contributed by atoms with Crippen LogP contribution in [0.2, 0.25) is 0 Å². The highest BCUT2D eigenvalue weighted by Crippen LogP contribution is 2.29. The van der Waals surface area contributed by atoms with Crippen molar-refractivity contribution in [3.63, 3.8) is 0 Å². The Labute approximate surface area is 155 Å². The van der Waals surface area contributed by atoms with E-state index in [1.54, 1.807) is 0 Å². The number of amides is 1. The molecule has 138 valence electrons. The number of hydrogen-bond donors (Lipinski definition) is 1. The molecule has 0 aliphatic carbocycles. The zero-order valence-electron chi connectivity index (χ0n) is 14.4. The highest BCUT2D eigenvalue weighted by molar-refractivity contribution is 5.79. The predicted octanol–water partition coefficient (Wildman–Crippen LogP) is 5.15. The highest BCUT2D eigenvalue weighted by Gasteiger charge is 2.30. The van der Waals surface area contributed by atoms with E-state index < -0.39 is 11.7 Å². The second kappa shape index (κ2) is 8.08. The minimum atomic E-state index is -4.43. The molecule has 0 heterocycles. The molecule has 0 aliphatic rings. The Morgan fingerprint density at radius 1 is 0.815 bits per heavy atom. The molecular weight excluding hydrogens is 351 g/mol. The van der Waals surface area contributed by atoms with Crippen molar-refractivity contribution >= 4 is 5.91 Å². The third kappa shape index (κ3) is 4.97. The Morgan fingerprint density at radius 2 is 1.37 bits per heavy atom. The number of alkyl halides is 3. The van der Waals surface area contributed by atoms with E-state index in [4.69, 9.17) is 0 Å². The summed E-state index contributed by atoms with van der Waals surface area (Å²) < 4.78 is 38.6. The van der Waals surface area contributed by atoms with Gasteiger partial charge in [-0.25, -0.2) is 0 Å². The summed E-state index contributed by atoms with van der Waals surface area (Å²) in [4.78, 5) is 12.5. The van der Waals surface area contributed by atoms with Gasteiger partial charge in [-0.2, -0.15) is 13.2 Å². The molecule has 0 radical (unpaired) electrons. The lowest BCUT2D eigenvalue weighted by Gasteiger charge is -2.20. The number of benzene rings is 3. The van der Waals surface area contributed by atoms with Crippen molar-refractivity contribution in [3.8, 4) is 0 Å². The summed E-state index contributed by atoms with van der Waals surface area (Å²) in [6.07, 6.45) is -4.55. The molecule has 2 nitrogen and oxygen atoms in total. The van der Waals surface area contributed by atoms with Gasteiger partial charge in [0.2, 0.25) is 5.91 Å². The second-order valence-electron chi connectivity index (χ2n) is 6.20. The number of nitrogens with one attached hydrogen (secondary N) is 1. The average Bonchev–Trinajstić information content (AvgIpc) is 2.67. The third-order valence-corrected chi connectivity index (χ3v) is 4.19. The zero-order valence-corrected chi connectivity index (χ0v) is 14.4. The molecule has 0 saturated carbocycles. The van der Waals surface area contributed by atoms with Crippen LogP contribution in [0.1, 0.15) is 28.3 Å². The van der Waals surface area contributed by atoms with Gasteiger partial charge in [0.05, 0.1) is 18.0 Å². The van der Waals surface area contributed by atoms with Gasteiger partial charge in [0.1, 0.15) is 0 Å². The normalized spacial score (nSPS) is 11.4. The van der Waals surface area contributed by atoms with Crippen LogP contribution in [0, 0.1) is 0 Å².